The van der Waals surface area contributed by atoms with Gasteiger partial charge in [-0.2, -0.15) is 0 Å². The highest BCUT2D eigenvalue weighted by molar-refractivity contribution is 6.13. The van der Waals surface area contributed by atoms with Crippen LogP contribution in [0, 0.1) is 0 Å². The number of aromatic nitrogens is 1. The summed E-state index contributed by atoms with van der Waals surface area (Å²) in [6.07, 6.45) is 1.90. The van der Waals surface area contributed by atoms with Gasteiger partial charge in [0.2, 0.25) is 0 Å². The molecule has 0 unspecified atom stereocenters. The molecule has 26 heavy (non-hydrogen) atoms. The fourth-order valence-corrected chi connectivity index (χ4v) is 3.27. The number of hydrogen-bond acceptors (Lipinski definition) is 2. The highest BCUT2D eigenvalue weighted by Gasteiger charge is 2.15. The maximum Gasteiger partial charge on any atom is 0.257 e. The first-order chi connectivity index (χ1) is 12.8. The van der Waals surface area contributed by atoms with Crippen molar-refractivity contribution in [3.63, 3.8) is 0 Å². The second kappa shape index (κ2) is 7.02. The zero-order valence-electron chi connectivity index (χ0n) is 14.6. The smallest absolute Gasteiger partial charge is 0.257 e. The summed E-state index contributed by atoms with van der Waals surface area (Å²) in [7, 11) is 1.68. The lowest BCUT2D eigenvalue weighted by Gasteiger charge is -2.06. The number of nitrogens with one attached hydrogen (secondary N) is 1. The average molecular weight is 344 g/mol. The molecule has 0 atom stereocenters. The monoisotopic (exact) mass is 344 g/mol. The van der Waals surface area contributed by atoms with Crippen molar-refractivity contribution in [3.8, 4) is 0 Å². The molecule has 0 fully saturated rings. The lowest BCUT2D eigenvalue weighted by molar-refractivity contribution is 0.102. The van der Waals surface area contributed by atoms with Crippen LogP contribution in [0.4, 0.5) is 5.69 Å². The fraction of sp³-hybridized carbons (Fsp3) is 0.136. The van der Waals surface area contributed by atoms with Crippen LogP contribution in [0.15, 0.2) is 72.9 Å². The molecule has 0 spiro atoms. The molecule has 0 radical (unpaired) electrons. The van der Waals surface area contributed by atoms with E-state index in [1.165, 1.54) is 0 Å². The quantitative estimate of drug-likeness (QED) is 0.570. The maximum atomic E-state index is 12.9. The fourth-order valence-electron chi connectivity index (χ4n) is 3.27. The molecule has 0 aliphatic carbocycles. The zero-order valence-corrected chi connectivity index (χ0v) is 14.6. The second-order valence-corrected chi connectivity index (χ2v) is 6.26. The molecule has 4 aromatic rings. The Kier molecular flexibility index (Phi) is 4.42. The minimum absolute atomic E-state index is 0.104. The molecular formula is C22H20N2O2. The van der Waals surface area contributed by atoms with Crippen LogP contribution in [0.5, 0.6) is 0 Å². The molecule has 0 aliphatic rings. The molecule has 0 saturated heterocycles. The van der Waals surface area contributed by atoms with E-state index in [2.05, 4.69) is 16.0 Å². The van der Waals surface area contributed by atoms with Gasteiger partial charge in [0.1, 0.15) is 0 Å². The van der Waals surface area contributed by atoms with Gasteiger partial charge in [-0.25, -0.2) is 0 Å². The molecule has 1 heterocycles. The first kappa shape index (κ1) is 16.4. The molecule has 4 nitrogen and oxygen atoms in total. The minimum Gasteiger partial charge on any atom is -0.383 e. The van der Waals surface area contributed by atoms with Crippen LogP contribution in [0.3, 0.4) is 0 Å². The average Bonchev–Trinajstić information content (AvgIpc) is 3.05. The number of benzene rings is 3. The van der Waals surface area contributed by atoms with E-state index < -0.39 is 0 Å². The summed E-state index contributed by atoms with van der Waals surface area (Å²) < 4.78 is 7.24. The van der Waals surface area contributed by atoms with E-state index in [4.69, 9.17) is 4.74 Å². The van der Waals surface area contributed by atoms with Gasteiger partial charge in [-0.3, -0.25) is 4.79 Å². The van der Waals surface area contributed by atoms with Gasteiger partial charge < -0.3 is 14.6 Å². The van der Waals surface area contributed by atoms with Crippen LogP contribution in [0.1, 0.15) is 10.4 Å². The number of ether oxygens (including phenoxy) is 1. The number of amides is 1. The predicted molar refractivity (Wildman–Crippen MR) is 106 cm³/mol. The van der Waals surface area contributed by atoms with Crippen LogP contribution in [-0.2, 0) is 11.3 Å². The summed E-state index contributed by atoms with van der Waals surface area (Å²) >= 11 is 0. The Hall–Kier alpha value is -3.11. The van der Waals surface area contributed by atoms with Gasteiger partial charge in [0.25, 0.3) is 5.91 Å². The zero-order chi connectivity index (χ0) is 17.9. The molecule has 1 aromatic heterocycles. The van der Waals surface area contributed by atoms with E-state index in [0.29, 0.717) is 18.7 Å². The van der Waals surface area contributed by atoms with Gasteiger partial charge in [0.15, 0.2) is 0 Å². The van der Waals surface area contributed by atoms with Crippen LogP contribution >= 0.6 is 0 Å². The minimum atomic E-state index is -0.104. The first-order valence-electron chi connectivity index (χ1n) is 8.63. The Bertz CT molecular complexity index is 1080. The van der Waals surface area contributed by atoms with Crippen LogP contribution in [-0.4, -0.2) is 24.2 Å². The van der Waals surface area contributed by atoms with E-state index in [1.54, 1.807) is 7.11 Å². The SMILES string of the molecule is COCCn1cc(C(=O)Nc2ccc3ccccc3c2)c2ccccc21. The van der Waals surface area contributed by atoms with Crippen molar-refractivity contribution in [2.75, 3.05) is 19.0 Å². The second-order valence-electron chi connectivity index (χ2n) is 6.26. The van der Waals surface area contributed by atoms with E-state index in [-0.39, 0.29) is 5.91 Å². The Balaban J connectivity index is 1.66. The van der Waals surface area contributed by atoms with Crippen molar-refractivity contribution >= 4 is 33.3 Å². The number of hydrogen-bond donors (Lipinski definition) is 1. The van der Waals surface area contributed by atoms with Crippen LogP contribution < -0.4 is 5.32 Å². The van der Waals surface area contributed by atoms with Crippen LogP contribution in [0.25, 0.3) is 21.7 Å². The Morgan fingerprint density at radius 3 is 2.62 bits per heavy atom. The highest BCUT2D eigenvalue weighted by Crippen LogP contribution is 2.24. The Labute approximate surface area is 152 Å². The summed E-state index contributed by atoms with van der Waals surface area (Å²) in [5.41, 5.74) is 2.50. The summed E-state index contributed by atoms with van der Waals surface area (Å²) in [6.45, 7) is 1.31. The lowest BCUT2D eigenvalue weighted by Crippen LogP contribution is -2.11. The highest BCUT2D eigenvalue weighted by atomic mass is 16.5. The third-order valence-electron chi connectivity index (χ3n) is 4.58. The van der Waals surface area contributed by atoms with Crippen molar-refractivity contribution in [2.45, 2.75) is 6.54 Å². The summed E-state index contributed by atoms with van der Waals surface area (Å²) in [6, 6.07) is 22.0. The Morgan fingerprint density at radius 1 is 1.00 bits per heavy atom. The van der Waals surface area contributed by atoms with Crippen molar-refractivity contribution < 1.29 is 9.53 Å². The van der Waals surface area contributed by atoms with Gasteiger partial charge in [-0.1, -0.05) is 48.5 Å². The van der Waals surface area contributed by atoms with Crippen LogP contribution in [0.2, 0.25) is 0 Å². The van der Waals surface area contributed by atoms with Crippen molar-refractivity contribution in [1.29, 1.82) is 0 Å². The largest absolute Gasteiger partial charge is 0.383 e. The molecule has 3 aromatic carbocycles. The van der Waals surface area contributed by atoms with E-state index in [1.807, 2.05) is 66.9 Å². The standard InChI is InChI=1S/C22H20N2O2/c1-26-13-12-24-15-20(19-8-4-5-9-21(19)24)22(25)23-18-11-10-16-6-2-3-7-17(16)14-18/h2-11,14-15H,12-13H2,1H3,(H,23,25). The third kappa shape index (κ3) is 3.07. The number of rotatable bonds is 5. The summed E-state index contributed by atoms with van der Waals surface area (Å²) in [4.78, 5) is 12.9. The van der Waals surface area contributed by atoms with Crippen molar-refractivity contribution in [3.05, 3.63) is 78.5 Å². The van der Waals surface area contributed by atoms with Crippen molar-refractivity contribution in [2.24, 2.45) is 0 Å². The van der Waals surface area contributed by atoms with Gasteiger partial charge in [-0.15, -0.1) is 0 Å². The number of carbonyl (C=O) groups is 1. The molecule has 0 aliphatic heterocycles. The molecule has 130 valence electrons. The topological polar surface area (TPSA) is 43.3 Å². The molecule has 1 N–H and O–H groups in total. The molecule has 4 heteroatoms. The first-order valence-corrected chi connectivity index (χ1v) is 8.63. The van der Waals surface area contributed by atoms with Gasteiger partial charge >= 0.3 is 0 Å². The van der Waals surface area contributed by atoms with Gasteiger partial charge in [0, 0.05) is 36.4 Å². The maximum absolute atomic E-state index is 12.9. The normalized spacial score (nSPS) is 11.1. The number of nitrogens with zero attached hydrogens (tertiary/aromatic N) is 1. The van der Waals surface area contributed by atoms with Gasteiger partial charge in [-0.05, 0) is 29.0 Å². The van der Waals surface area contributed by atoms with Crippen molar-refractivity contribution in [1.82, 2.24) is 4.57 Å². The number of methoxy groups -OCH3 is 1. The van der Waals surface area contributed by atoms with Gasteiger partial charge in [0.05, 0.1) is 12.2 Å². The lowest BCUT2D eigenvalue weighted by atomic mass is 10.1. The molecule has 0 saturated carbocycles. The molecule has 0 bridgehead atoms. The number of anilines is 1. The molecule has 1 amide bonds. The summed E-state index contributed by atoms with van der Waals surface area (Å²) in [5, 5.41) is 6.23. The predicted octanol–water partition coefficient (Wildman–Crippen LogP) is 4.69. The van der Waals surface area contributed by atoms with E-state index >= 15 is 0 Å². The summed E-state index contributed by atoms with van der Waals surface area (Å²) in [5.74, 6) is -0.104. The Morgan fingerprint density at radius 2 is 1.77 bits per heavy atom. The number of fused-ring (bicyclic) bond motifs is 2. The molecule has 4 rings (SSSR count). The van der Waals surface area contributed by atoms with E-state index in [0.717, 1.165) is 27.4 Å². The number of para-hydroxylation sites is 1. The third-order valence-corrected chi connectivity index (χ3v) is 4.58. The molecular weight excluding hydrogens is 324 g/mol. The van der Waals surface area contributed by atoms with E-state index in [9.17, 15) is 4.79 Å². The number of carbonyl (C=O) groups excluding carboxylic acids is 1.